The first-order valence-electron chi connectivity index (χ1n) is 11.4. The predicted molar refractivity (Wildman–Crippen MR) is 127 cm³/mol. The Balaban J connectivity index is 1.88. The zero-order valence-electron chi connectivity index (χ0n) is 19.9. The highest BCUT2D eigenvalue weighted by molar-refractivity contribution is 5.78. The number of imidazole rings is 1. The summed E-state index contributed by atoms with van der Waals surface area (Å²) in [6, 6.07) is 7.41. The fourth-order valence-corrected chi connectivity index (χ4v) is 4.53. The molecule has 4 rings (SSSR count). The van der Waals surface area contributed by atoms with E-state index in [-0.39, 0.29) is 5.92 Å². The maximum absolute atomic E-state index is 13.5. The van der Waals surface area contributed by atoms with Gasteiger partial charge in [-0.1, -0.05) is 32.4 Å². The van der Waals surface area contributed by atoms with E-state index in [2.05, 4.69) is 43.0 Å². The first-order chi connectivity index (χ1) is 15.8. The molecule has 3 heterocycles. The van der Waals surface area contributed by atoms with E-state index in [1.807, 2.05) is 4.57 Å². The number of aryl methyl sites for hydroxylation is 2. The number of hydrogen-bond donors (Lipinski definition) is 0. The number of benzene rings is 1. The van der Waals surface area contributed by atoms with Crippen molar-refractivity contribution in [2.75, 3.05) is 18.6 Å². The molecule has 2 atom stereocenters. The van der Waals surface area contributed by atoms with Gasteiger partial charge in [0.15, 0.2) is 11.2 Å². The Morgan fingerprint density at radius 2 is 1.91 bits per heavy atom. The minimum atomic E-state index is -1.04. The molecule has 0 N–H and O–H groups in total. The molecule has 0 amide bonds. The van der Waals surface area contributed by atoms with E-state index in [0.717, 1.165) is 36.1 Å². The summed E-state index contributed by atoms with van der Waals surface area (Å²) in [6.45, 7) is 7.13. The molecule has 0 saturated carbocycles. The first-order valence-corrected chi connectivity index (χ1v) is 11.4. The summed E-state index contributed by atoms with van der Waals surface area (Å²) in [5, 5.41) is 0. The van der Waals surface area contributed by atoms with Crippen molar-refractivity contribution in [2.24, 2.45) is 13.0 Å². The molecule has 0 unspecified atom stereocenters. The zero-order valence-corrected chi connectivity index (χ0v) is 19.9. The summed E-state index contributed by atoms with van der Waals surface area (Å²) in [5.74, 6) is 0.225. The van der Waals surface area contributed by atoms with Crippen LogP contribution in [0.25, 0.3) is 11.2 Å². The van der Waals surface area contributed by atoms with Crippen LogP contribution in [0.3, 0.4) is 0 Å². The van der Waals surface area contributed by atoms with Crippen LogP contribution >= 0.6 is 0 Å². The van der Waals surface area contributed by atoms with Gasteiger partial charge in [0, 0.05) is 25.8 Å². The van der Waals surface area contributed by atoms with Crippen LogP contribution in [-0.4, -0.2) is 38.3 Å². The number of hydrogen-bond acceptors (Lipinski definition) is 6. The third-order valence-electron chi connectivity index (χ3n) is 6.39. The van der Waals surface area contributed by atoms with Crippen LogP contribution in [0.5, 0.6) is 0 Å². The van der Waals surface area contributed by atoms with Crippen LogP contribution in [-0.2, 0) is 29.5 Å². The average Bonchev–Trinajstić information content (AvgIpc) is 3.20. The highest BCUT2D eigenvalue weighted by Crippen LogP contribution is 2.33. The second-order valence-electron chi connectivity index (χ2n) is 8.90. The Morgan fingerprint density at radius 1 is 1.21 bits per heavy atom. The number of esters is 1. The number of aromatic nitrogens is 4. The Labute approximate surface area is 192 Å². The van der Waals surface area contributed by atoms with Crippen LogP contribution in [0.4, 0.5) is 11.6 Å². The number of unbranched alkanes of at least 4 members (excludes halogenated alkanes) is 1. The number of ether oxygens (including phenoxy) is 1. The van der Waals surface area contributed by atoms with Gasteiger partial charge < -0.3 is 14.2 Å². The lowest BCUT2D eigenvalue weighted by molar-refractivity contribution is -0.144. The maximum Gasteiger partial charge on any atom is 0.333 e. The fourth-order valence-electron chi connectivity index (χ4n) is 4.53. The number of nitrogens with zero attached hydrogens (tertiary/aromatic N) is 5. The predicted octanol–water partition coefficient (Wildman–Crippen LogP) is 2.76. The Kier molecular flexibility index (Phi) is 6.14. The lowest BCUT2D eigenvalue weighted by atomic mass is 10.1. The summed E-state index contributed by atoms with van der Waals surface area (Å²) in [7, 11) is 2.81. The van der Waals surface area contributed by atoms with Gasteiger partial charge in [-0.25, -0.2) is 14.2 Å². The van der Waals surface area contributed by atoms with Crippen LogP contribution in [0.1, 0.15) is 45.2 Å². The van der Waals surface area contributed by atoms with Gasteiger partial charge in [-0.05, 0) is 43.4 Å². The number of carbonyl (C=O) groups is 1. The Morgan fingerprint density at radius 3 is 2.55 bits per heavy atom. The Hall–Kier alpha value is -3.36. The van der Waals surface area contributed by atoms with Crippen LogP contribution in [0.15, 0.2) is 33.9 Å². The molecule has 1 aliphatic rings. The van der Waals surface area contributed by atoms with Gasteiger partial charge in [0.25, 0.3) is 5.56 Å². The second-order valence-corrected chi connectivity index (χ2v) is 8.90. The second kappa shape index (κ2) is 8.88. The van der Waals surface area contributed by atoms with E-state index in [4.69, 9.17) is 9.72 Å². The molecule has 0 aliphatic carbocycles. The van der Waals surface area contributed by atoms with Crippen LogP contribution < -0.4 is 16.1 Å². The molecule has 0 saturated heterocycles. The zero-order chi connectivity index (χ0) is 23.9. The average molecular weight is 454 g/mol. The molecular weight excluding hydrogens is 422 g/mol. The highest BCUT2D eigenvalue weighted by atomic mass is 16.5. The lowest BCUT2D eigenvalue weighted by Gasteiger charge is -2.33. The lowest BCUT2D eigenvalue weighted by Crippen LogP contribution is -2.44. The quantitative estimate of drug-likeness (QED) is 0.533. The fraction of sp³-hybridized carbons (Fsp3) is 0.500. The first kappa shape index (κ1) is 22.8. The highest BCUT2D eigenvalue weighted by Gasteiger charge is 2.31. The summed E-state index contributed by atoms with van der Waals surface area (Å²) < 4.78 is 8.93. The van der Waals surface area contributed by atoms with E-state index in [1.54, 1.807) is 7.05 Å². The van der Waals surface area contributed by atoms with E-state index in [9.17, 15) is 14.4 Å². The van der Waals surface area contributed by atoms with E-state index in [0.29, 0.717) is 23.7 Å². The van der Waals surface area contributed by atoms with E-state index in [1.165, 1.54) is 24.2 Å². The molecule has 3 aromatic rings. The number of carbonyl (C=O) groups excluding carboxylic acids is 1. The number of rotatable bonds is 6. The smallest absolute Gasteiger partial charge is 0.333 e. The van der Waals surface area contributed by atoms with Crippen LogP contribution in [0.2, 0.25) is 0 Å². The van der Waals surface area contributed by atoms with Gasteiger partial charge >= 0.3 is 11.7 Å². The largest absolute Gasteiger partial charge is 0.467 e. The molecule has 1 aliphatic heterocycles. The number of methoxy groups -OCH3 is 1. The number of anilines is 2. The molecule has 33 heavy (non-hydrogen) atoms. The minimum absolute atomic E-state index is 0.248. The SMILES string of the molecule is CCCCc1ccc(N2C[C@H](C)Cn3c2nc2c3c(=O)n([C@H](C)C(=O)OC)c(=O)n2C)cc1. The van der Waals surface area contributed by atoms with Crippen LogP contribution in [0, 0.1) is 5.92 Å². The molecule has 0 spiro atoms. The molecule has 0 fully saturated rings. The van der Waals surface area contributed by atoms with Gasteiger partial charge in [-0.2, -0.15) is 4.98 Å². The van der Waals surface area contributed by atoms with Crippen molar-refractivity contribution in [2.45, 2.75) is 52.6 Å². The molecule has 0 radical (unpaired) electrons. The minimum Gasteiger partial charge on any atom is -0.467 e. The van der Waals surface area contributed by atoms with Crippen molar-refractivity contribution in [1.82, 2.24) is 18.7 Å². The van der Waals surface area contributed by atoms with Crippen molar-refractivity contribution in [3.05, 3.63) is 50.7 Å². The summed E-state index contributed by atoms with van der Waals surface area (Å²) in [6.07, 6.45) is 3.35. The van der Waals surface area contributed by atoms with E-state index < -0.39 is 23.3 Å². The topological polar surface area (TPSA) is 91.4 Å². The van der Waals surface area contributed by atoms with Gasteiger partial charge in [0.05, 0.1) is 7.11 Å². The van der Waals surface area contributed by atoms with Crippen molar-refractivity contribution < 1.29 is 9.53 Å². The molecule has 176 valence electrons. The molecule has 0 bridgehead atoms. The van der Waals surface area contributed by atoms with Gasteiger partial charge in [-0.3, -0.25) is 9.36 Å². The normalized spacial score (nSPS) is 16.6. The number of fused-ring (bicyclic) bond motifs is 3. The van der Waals surface area contributed by atoms with Gasteiger partial charge in [-0.15, -0.1) is 0 Å². The van der Waals surface area contributed by atoms with Gasteiger partial charge in [0.1, 0.15) is 6.04 Å². The third kappa shape index (κ3) is 3.85. The van der Waals surface area contributed by atoms with Crippen molar-refractivity contribution in [1.29, 1.82) is 0 Å². The maximum atomic E-state index is 13.5. The Bertz CT molecular complexity index is 1300. The molecule has 1 aromatic carbocycles. The van der Waals surface area contributed by atoms with Crippen molar-refractivity contribution >= 4 is 28.8 Å². The molecule has 2 aromatic heterocycles. The summed E-state index contributed by atoms with van der Waals surface area (Å²) >= 11 is 0. The molecular formula is C24H31N5O4. The van der Waals surface area contributed by atoms with Crippen molar-refractivity contribution in [3.8, 4) is 0 Å². The van der Waals surface area contributed by atoms with E-state index >= 15 is 0 Å². The monoisotopic (exact) mass is 453 g/mol. The standard InChI is InChI=1S/C24H31N5O4/c1-6-7-8-17-9-11-18(12-10-17)27-13-15(2)14-28-19-20(25-23(27)28)26(4)24(32)29(21(19)30)16(3)22(31)33-5/h9-12,15-16H,6-8,13-14H2,1-5H3/t15-,16+/m0/s1. The van der Waals surface area contributed by atoms with Crippen molar-refractivity contribution in [3.63, 3.8) is 0 Å². The van der Waals surface area contributed by atoms with Gasteiger partial charge in [0.2, 0.25) is 5.95 Å². The summed E-state index contributed by atoms with van der Waals surface area (Å²) in [5.41, 5.74) is 1.79. The summed E-state index contributed by atoms with van der Waals surface area (Å²) in [4.78, 5) is 45.4. The molecule has 9 heteroatoms. The third-order valence-corrected chi connectivity index (χ3v) is 6.39. The molecule has 9 nitrogen and oxygen atoms in total.